The average molecular weight is 703 g/mol. The van der Waals surface area contributed by atoms with Crippen LogP contribution in [-0.4, -0.2) is 17.7 Å². The number of nitrogens with one attached hydrogen (secondary N) is 3. The molecule has 1 unspecified atom stereocenters. The number of thioether (sulfide) groups is 1. The third-order valence-corrected chi connectivity index (χ3v) is 9.34. The van der Waals surface area contributed by atoms with Gasteiger partial charge in [-0.1, -0.05) is 120 Å². The van der Waals surface area contributed by atoms with Gasteiger partial charge in [-0.2, -0.15) is 0 Å². The Morgan fingerprint density at radius 1 is 0.673 bits per heavy atom. The van der Waals surface area contributed by atoms with Crippen molar-refractivity contribution < 1.29 is 14.4 Å². The van der Waals surface area contributed by atoms with E-state index in [2.05, 4.69) is 16.0 Å². The maximum absolute atomic E-state index is 13.9. The van der Waals surface area contributed by atoms with E-state index in [0.717, 1.165) is 26.9 Å². The molecule has 0 fully saturated rings. The van der Waals surface area contributed by atoms with Crippen LogP contribution in [0.1, 0.15) is 26.7 Å². The Bertz CT molecular complexity index is 2170. The van der Waals surface area contributed by atoms with Crippen molar-refractivity contribution in [3.05, 3.63) is 178 Å². The van der Waals surface area contributed by atoms with Crippen LogP contribution in [-0.2, 0) is 9.59 Å². The van der Waals surface area contributed by atoms with Crippen LogP contribution >= 0.6 is 35.0 Å². The highest BCUT2D eigenvalue weighted by atomic mass is 35.5. The SMILES string of the molecule is O=C(Nc1cccc(SC(C(=O)Nc2cccc3ccccc23)c2ccccc2)c1)/C(=C\c1ccc(Cl)cc1Cl)NC(=O)c1ccccc1. The molecule has 0 radical (unpaired) electrons. The first-order valence-electron chi connectivity index (χ1n) is 15.3. The molecule has 242 valence electrons. The molecule has 0 spiro atoms. The normalized spacial score (nSPS) is 11.8. The van der Waals surface area contributed by atoms with E-state index in [0.29, 0.717) is 26.9 Å². The van der Waals surface area contributed by atoms with Crippen molar-refractivity contribution in [2.45, 2.75) is 10.1 Å². The molecule has 6 nitrogen and oxygen atoms in total. The first-order valence-corrected chi connectivity index (χ1v) is 16.9. The summed E-state index contributed by atoms with van der Waals surface area (Å²) in [6.07, 6.45) is 1.50. The van der Waals surface area contributed by atoms with Gasteiger partial charge in [-0.3, -0.25) is 14.4 Å². The Hall–Kier alpha value is -5.34. The van der Waals surface area contributed by atoms with Crippen LogP contribution < -0.4 is 16.0 Å². The number of hydrogen-bond acceptors (Lipinski definition) is 4. The molecular formula is C40H29Cl2N3O3S. The Labute approximate surface area is 298 Å². The summed E-state index contributed by atoms with van der Waals surface area (Å²) >= 11 is 13.8. The van der Waals surface area contributed by atoms with Crippen LogP contribution in [0.2, 0.25) is 10.0 Å². The van der Waals surface area contributed by atoms with Gasteiger partial charge in [0.25, 0.3) is 11.8 Å². The van der Waals surface area contributed by atoms with Gasteiger partial charge >= 0.3 is 0 Å². The van der Waals surface area contributed by atoms with E-state index < -0.39 is 17.1 Å². The van der Waals surface area contributed by atoms with Gasteiger partial charge in [0, 0.05) is 37.3 Å². The van der Waals surface area contributed by atoms with Crippen LogP contribution in [0.5, 0.6) is 0 Å². The summed E-state index contributed by atoms with van der Waals surface area (Å²) < 4.78 is 0. The van der Waals surface area contributed by atoms with Crippen molar-refractivity contribution in [3.8, 4) is 0 Å². The average Bonchev–Trinajstić information content (AvgIpc) is 3.12. The summed E-state index contributed by atoms with van der Waals surface area (Å²) in [4.78, 5) is 41.4. The van der Waals surface area contributed by atoms with Crippen molar-refractivity contribution in [1.29, 1.82) is 0 Å². The van der Waals surface area contributed by atoms with Gasteiger partial charge in [-0.05, 0) is 71.1 Å². The number of carbonyl (C=O) groups is 3. The molecule has 9 heteroatoms. The Morgan fingerprint density at radius 3 is 2.14 bits per heavy atom. The van der Waals surface area contributed by atoms with E-state index in [9.17, 15) is 14.4 Å². The van der Waals surface area contributed by atoms with E-state index in [-0.39, 0.29) is 11.6 Å². The summed E-state index contributed by atoms with van der Waals surface area (Å²) in [6, 6.07) is 43.9. The molecule has 0 saturated heterocycles. The van der Waals surface area contributed by atoms with Gasteiger partial charge in [-0.25, -0.2) is 0 Å². The quantitative estimate of drug-likeness (QED) is 0.0980. The minimum absolute atomic E-state index is 0.0206. The lowest BCUT2D eigenvalue weighted by Crippen LogP contribution is -2.30. The molecule has 0 bridgehead atoms. The summed E-state index contributed by atoms with van der Waals surface area (Å²) in [7, 11) is 0. The molecule has 6 aromatic carbocycles. The van der Waals surface area contributed by atoms with Crippen LogP contribution in [0.3, 0.4) is 0 Å². The van der Waals surface area contributed by atoms with E-state index in [4.69, 9.17) is 23.2 Å². The van der Waals surface area contributed by atoms with Gasteiger partial charge in [0.05, 0.1) is 0 Å². The molecular weight excluding hydrogens is 673 g/mol. The lowest BCUT2D eigenvalue weighted by Gasteiger charge is -2.18. The lowest BCUT2D eigenvalue weighted by molar-refractivity contribution is -0.116. The van der Waals surface area contributed by atoms with Gasteiger partial charge in [-0.15, -0.1) is 11.8 Å². The van der Waals surface area contributed by atoms with E-state index in [1.165, 1.54) is 17.8 Å². The van der Waals surface area contributed by atoms with Crippen LogP contribution in [0.4, 0.5) is 11.4 Å². The monoisotopic (exact) mass is 701 g/mol. The zero-order valence-electron chi connectivity index (χ0n) is 25.9. The molecule has 49 heavy (non-hydrogen) atoms. The number of fused-ring (bicyclic) bond motifs is 1. The number of halogens is 2. The summed E-state index contributed by atoms with van der Waals surface area (Å²) in [5, 5.41) is 10.9. The first kappa shape index (κ1) is 33.6. The van der Waals surface area contributed by atoms with Gasteiger partial charge < -0.3 is 16.0 Å². The second-order valence-electron chi connectivity index (χ2n) is 11.0. The van der Waals surface area contributed by atoms with Crippen molar-refractivity contribution in [3.63, 3.8) is 0 Å². The molecule has 3 amide bonds. The molecule has 0 aliphatic carbocycles. The van der Waals surface area contributed by atoms with Crippen molar-refractivity contribution in [2.24, 2.45) is 0 Å². The highest BCUT2D eigenvalue weighted by molar-refractivity contribution is 8.00. The Kier molecular flexibility index (Phi) is 10.8. The number of hydrogen-bond donors (Lipinski definition) is 3. The predicted molar refractivity (Wildman–Crippen MR) is 201 cm³/mol. The van der Waals surface area contributed by atoms with Crippen molar-refractivity contribution >= 4 is 80.9 Å². The molecule has 1 atom stereocenters. The first-order chi connectivity index (χ1) is 23.8. The zero-order valence-corrected chi connectivity index (χ0v) is 28.2. The summed E-state index contributed by atoms with van der Waals surface area (Å²) in [5.74, 6) is -1.21. The third kappa shape index (κ3) is 8.58. The fourth-order valence-corrected chi connectivity index (χ4v) is 6.68. The number of anilines is 2. The topological polar surface area (TPSA) is 87.3 Å². The number of benzene rings is 6. The molecule has 6 aromatic rings. The molecule has 0 aromatic heterocycles. The molecule has 0 aliphatic rings. The van der Waals surface area contributed by atoms with Crippen molar-refractivity contribution in [2.75, 3.05) is 10.6 Å². The van der Waals surface area contributed by atoms with E-state index in [1.807, 2.05) is 78.9 Å². The second kappa shape index (κ2) is 15.7. The van der Waals surface area contributed by atoms with Crippen molar-refractivity contribution in [1.82, 2.24) is 5.32 Å². The maximum Gasteiger partial charge on any atom is 0.272 e. The fourth-order valence-electron chi connectivity index (χ4n) is 5.13. The second-order valence-corrected chi connectivity index (χ2v) is 13.0. The number of amides is 3. The smallest absolute Gasteiger partial charge is 0.272 e. The van der Waals surface area contributed by atoms with Gasteiger partial charge in [0.15, 0.2) is 0 Å². The standard InChI is InChI=1S/C40H29Cl2N3O3S/c41-30-22-21-29(34(42)24-30)23-36(45-38(46)28-14-5-2-6-15-28)39(47)43-31-17-10-18-32(25-31)49-37(27-12-3-1-4-13-27)40(48)44-35-20-9-16-26-11-7-8-19-33(26)35/h1-25,37H,(H,43,47)(H,44,48)(H,45,46)/b36-23+. The summed E-state index contributed by atoms with van der Waals surface area (Å²) in [5.41, 5.74) is 2.88. The fraction of sp³-hybridized carbons (Fsp3) is 0.0250. The maximum atomic E-state index is 13.9. The largest absolute Gasteiger partial charge is 0.324 e. The third-order valence-electron chi connectivity index (χ3n) is 7.52. The highest BCUT2D eigenvalue weighted by Gasteiger charge is 2.23. The molecule has 0 heterocycles. The Morgan fingerprint density at radius 2 is 1.37 bits per heavy atom. The summed E-state index contributed by atoms with van der Waals surface area (Å²) in [6.45, 7) is 0. The molecule has 6 rings (SSSR count). The van der Waals surface area contributed by atoms with Crippen LogP contribution in [0.25, 0.3) is 16.8 Å². The van der Waals surface area contributed by atoms with Crippen LogP contribution in [0.15, 0.2) is 156 Å². The highest BCUT2D eigenvalue weighted by Crippen LogP contribution is 2.38. The predicted octanol–water partition coefficient (Wildman–Crippen LogP) is 10.0. The molecule has 3 N–H and O–H groups in total. The van der Waals surface area contributed by atoms with Crippen LogP contribution in [0, 0.1) is 0 Å². The van der Waals surface area contributed by atoms with E-state index >= 15 is 0 Å². The zero-order chi connectivity index (χ0) is 34.2. The number of carbonyl (C=O) groups excluding carboxylic acids is 3. The van der Waals surface area contributed by atoms with Gasteiger partial charge in [0.1, 0.15) is 10.9 Å². The van der Waals surface area contributed by atoms with E-state index in [1.54, 1.807) is 66.7 Å². The number of rotatable bonds is 10. The van der Waals surface area contributed by atoms with Gasteiger partial charge in [0.2, 0.25) is 5.91 Å². The lowest BCUT2D eigenvalue weighted by atomic mass is 10.1. The minimum Gasteiger partial charge on any atom is -0.324 e. The minimum atomic E-state index is -0.598. The molecule has 0 aliphatic heterocycles. The molecule has 0 saturated carbocycles. The Balaban J connectivity index is 1.25.